The van der Waals surface area contributed by atoms with Crippen LogP contribution in [0.3, 0.4) is 0 Å². The van der Waals surface area contributed by atoms with Gasteiger partial charge >= 0.3 is 0 Å². The van der Waals surface area contributed by atoms with Gasteiger partial charge in [-0.3, -0.25) is 15.0 Å². The monoisotopic (exact) mass is 372 g/mol. The number of aliphatic hydroxyl groups is 1. The van der Waals surface area contributed by atoms with Crippen molar-refractivity contribution in [3.8, 4) is 5.75 Å². The fourth-order valence-electron chi connectivity index (χ4n) is 3.07. The molecule has 2 heterocycles. The van der Waals surface area contributed by atoms with Crippen LogP contribution in [0.4, 0.5) is 11.5 Å². The summed E-state index contributed by atoms with van der Waals surface area (Å²) in [6, 6.07) is 11.9. The average Bonchev–Trinajstić information content (AvgIpc) is 2.67. The zero-order valence-corrected chi connectivity index (χ0v) is 15.3. The van der Waals surface area contributed by atoms with Crippen LogP contribution in [-0.2, 0) is 0 Å². The second kappa shape index (κ2) is 8.79. The van der Waals surface area contributed by atoms with E-state index in [1.807, 2.05) is 25.1 Å². The zero-order valence-electron chi connectivity index (χ0n) is 15.3. The molecule has 1 atom stereocenters. The maximum absolute atomic E-state index is 10.6. The number of nitrogens with zero attached hydrogens (tertiary/aromatic N) is 4. The minimum Gasteiger partial charge on any atom is -0.491 e. The largest absolute Gasteiger partial charge is 0.491 e. The molecule has 1 aliphatic rings. The van der Waals surface area contributed by atoms with E-state index >= 15 is 0 Å². The highest BCUT2D eigenvalue weighted by Gasteiger charge is 2.20. The molecule has 1 aliphatic heterocycles. The molecule has 1 fully saturated rings. The highest BCUT2D eigenvalue weighted by Crippen LogP contribution is 2.18. The van der Waals surface area contributed by atoms with Crippen LogP contribution in [0, 0.1) is 17.0 Å². The summed E-state index contributed by atoms with van der Waals surface area (Å²) in [7, 11) is 0. The van der Waals surface area contributed by atoms with E-state index in [9.17, 15) is 15.2 Å². The number of pyridine rings is 1. The predicted molar refractivity (Wildman–Crippen MR) is 102 cm³/mol. The molecule has 27 heavy (non-hydrogen) atoms. The summed E-state index contributed by atoms with van der Waals surface area (Å²) in [5.41, 5.74) is 1.03. The van der Waals surface area contributed by atoms with Crippen LogP contribution in [0.15, 0.2) is 42.5 Å². The lowest BCUT2D eigenvalue weighted by Gasteiger charge is -2.36. The maximum Gasteiger partial charge on any atom is 0.269 e. The Labute approximate surface area is 158 Å². The third-order valence-electron chi connectivity index (χ3n) is 4.53. The molecule has 0 saturated carbocycles. The van der Waals surface area contributed by atoms with Crippen molar-refractivity contribution in [1.29, 1.82) is 0 Å². The van der Waals surface area contributed by atoms with Gasteiger partial charge in [-0.1, -0.05) is 6.07 Å². The number of nitro benzene ring substituents is 1. The van der Waals surface area contributed by atoms with Crippen LogP contribution in [0.5, 0.6) is 5.75 Å². The van der Waals surface area contributed by atoms with Crippen LogP contribution in [-0.4, -0.2) is 65.3 Å². The topological polar surface area (TPSA) is 92.0 Å². The van der Waals surface area contributed by atoms with E-state index in [2.05, 4.69) is 14.8 Å². The van der Waals surface area contributed by atoms with E-state index in [1.165, 1.54) is 12.1 Å². The van der Waals surface area contributed by atoms with Crippen LogP contribution >= 0.6 is 0 Å². The first kappa shape index (κ1) is 19.1. The number of ether oxygens (including phenoxy) is 1. The summed E-state index contributed by atoms with van der Waals surface area (Å²) in [6.45, 7) is 6.10. The van der Waals surface area contributed by atoms with Crippen molar-refractivity contribution in [2.45, 2.75) is 13.0 Å². The number of aromatic nitrogens is 1. The van der Waals surface area contributed by atoms with E-state index in [4.69, 9.17) is 4.74 Å². The van der Waals surface area contributed by atoms with Gasteiger partial charge in [-0.2, -0.15) is 0 Å². The Morgan fingerprint density at radius 3 is 2.52 bits per heavy atom. The molecule has 0 aliphatic carbocycles. The van der Waals surface area contributed by atoms with E-state index in [0.29, 0.717) is 12.3 Å². The molecule has 0 radical (unpaired) electrons. The molecule has 1 unspecified atom stereocenters. The molecule has 8 heteroatoms. The molecular weight excluding hydrogens is 348 g/mol. The molecule has 1 aromatic carbocycles. The quantitative estimate of drug-likeness (QED) is 0.586. The van der Waals surface area contributed by atoms with E-state index in [0.717, 1.165) is 37.7 Å². The summed E-state index contributed by atoms with van der Waals surface area (Å²) in [5, 5.41) is 20.9. The first-order chi connectivity index (χ1) is 13.0. The molecule has 2 aromatic rings. The number of aliphatic hydroxyl groups excluding tert-OH is 1. The molecule has 144 valence electrons. The normalized spacial score (nSPS) is 16.1. The number of aryl methyl sites for hydroxylation is 1. The summed E-state index contributed by atoms with van der Waals surface area (Å²) in [6.07, 6.45) is -0.621. The number of nitro groups is 1. The highest BCUT2D eigenvalue weighted by atomic mass is 16.6. The average molecular weight is 372 g/mol. The minimum absolute atomic E-state index is 0.0175. The number of non-ortho nitro benzene ring substituents is 1. The molecule has 0 spiro atoms. The third-order valence-corrected chi connectivity index (χ3v) is 4.53. The lowest BCUT2D eigenvalue weighted by Crippen LogP contribution is -2.49. The van der Waals surface area contributed by atoms with Crippen LogP contribution < -0.4 is 9.64 Å². The smallest absolute Gasteiger partial charge is 0.269 e. The van der Waals surface area contributed by atoms with Crippen molar-refractivity contribution >= 4 is 11.5 Å². The van der Waals surface area contributed by atoms with Crippen LogP contribution in [0.2, 0.25) is 0 Å². The van der Waals surface area contributed by atoms with Crippen LogP contribution in [0.1, 0.15) is 5.69 Å². The molecule has 1 saturated heterocycles. The van der Waals surface area contributed by atoms with E-state index < -0.39 is 11.0 Å². The highest BCUT2D eigenvalue weighted by molar-refractivity contribution is 5.39. The second-order valence-corrected chi connectivity index (χ2v) is 6.64. The Hall–Kier alpha value is -2.71. The standard InChI is InChI=1S/C19H24N4O4/c1-15-3-2-4-19(20-15)22-11-9-21(10-12-22)13-17(24)14-27-18-7-5-16(6-8-18)23(25)26/h2-8,17,24H,9-14H2,1H3. The van der Waals surface area contributed by atoms with Crippen LogP contribution in [0.25, 0.3) is 0 Å². The Morgan fingerprint density at radius 2 is 1.89 bits per heavy atom. The summed E-state index contributed by atoms with van der Waals surface area (Å²) >= 11 is 0. The number of hydrogen-bond acceptors (Lipinski definition) is 7. The Morgan fingerprint density at radius 1 is 1.19 bits per heavy atom. The van der Waals surface area contributed by atoms with Gasteiger partial charge in [0, 0.05) is 50.6 Å². The molecule has 3 rings (SSSR count). The number of piperazine rings is 1. The van der Waals surface area contributed by atoms with Crippen molar-refractivity contribution in [3.05, 3.63) is 58.3 Å². The molecule has 1 aromatic heterocycles. The number of benzene rings is 1. The third kappa shape index (κ3) is 5.38. The minimum atomic E-state index is -0.621. The van der Waals surface area contributed by atoms with Crippen molar-refractivity contribution in [2.24, 2.45) is 0 Å². The zero-order chi connectivity index (χ0) is 19.2. The number of rotatable bonds is 7. The van der Waals surface area contributed by atoms with Gasteiger partial charge in [0.2, 0.25) is 0 Å². The lowest BCUT2D eigenvalue weighted by atomic mass is 10.2. The van der Waals surface area contributed by atoms with Gasteiger partial charge < -0.3 is 14.7 Å². The van der Waals surface area contributed by atoms with Gasteiger partial charge in [-0.25, -0.2) is 4.98 Å². The van der Waals surface area contributed by atoms with Gasteiger partial charge in [0.15, 0.2) is 0 Å². The van der Waals surface area contributed by atoms with Crippen molar-refractivity contribution in [3.63, 3.8) is 0 Å². The summed E-state index contributed by atoms with van der Waals surface area (Å²) < 4.78 is 5.53. The van der Waals surface area contributed by atoms with E-state index in [-0.39, 0.29) is 12.3 Å². The Kier molecular flexibility index (Phi) is 6.20. The number of anilines is 1. The molecule has 1 N–H and O–H groups in total. The van der Waals surface area contributed by atoms with E-state index in [1.54, 1.807) is 12.1 Å². The lowest BCUT2D eigenvalue weighted by molar-refractivity contribution is -0.384. The van der Waals surface area contributed by atoms with Gasteiger partial charge in [0.1, 0.15) is 24.3 Å². The Bertz CT molecular complexity index is 761. The first-order valence-corrected chi connectivity index (χ1v) is 8.97. The molecule has 0 amide bonds. The SMILES string of the molecule is Cc1cccc(N2CCN(CC(O)COc3ccc([N+](=O)[O-])cc3)CC2)n1. The number of hydrogen-bond donors (Lipinski definition) is 1. The van der Waals surface area contributed by atoms with Crippen molar-refractivity contribution < 1.29 is 14.8 Å². The fourth-order valence-corrected chi connectivity index (χ4v) is 3.07. The van der Waals surface area contributed by atoms with Gasteiger partial charge in [-0.05, 0) is 31.2 Å². The molecule has 0 bridgehead atoms. The van der Waals surface area contributed by atoms with Gasteiger partial charge in [0.05, 0.1) is 4.92 Å². The number of β-amino-alcohol motifs (C(OH)–C–C–N with tert-alkyl or cyclic N) is 1. The second-order valence-electron chi connectivity index (χ2n) is 6.64. The maximum atomic E-state index is 10.6. The summed E-state index contributed by atoms with van der Waals surface area (Å²) in [5.74, 6) is 1.51. The van der Waals surface area contributed by atoms with Crippen molar-refractivity contribution in [1.82, 2.24) is 9.88 Å². The molecular formula is C19H24N4O4. The summed E-state index contributed by atoms with van der Waals surface area (Å²) in [4.78, 5) is 19.2. The fraction of sp³-hybridized carbons (Fsp3) is 0.421. The first-order valence-electron chi connectivity index (χ1n) is 8.97. The van der Waals surface area contributed by atoms with Crippen molar-refractivity contribution in [2.75, 3.05) is 44.2 Å². The van der Waals surface area contributed by atoms with Gasteiger partial charge in [0.25, 0.3) is 5.69 Å². The van der Waals surface area contributed by atoms with Gasteiger partial charge in [-0.15, -0.1) is 0 Å². The Balaban J connectivity index is 1.41. The molecule has 8 nitrogen and oxygen atoms in total. The predicted octanol–water partition coefficient (Wildman–Crippen LogP) is 1.86.